The Morgan fingerprint density at radius 3 is 3.10 bits per heavy atom. The molecule has 0 spiro atoms. The largest absolute Gasteiger partial charge is 0.380 e. The summed E-state index contributed by atoms with van der Waals surface area (Å²) in [6, 6.07) is 7.86. The van der Waals surface area contributed by atoms with Gasteiger partial charge in [0.2, 0.25) is 5.91 Å². The molecule has 21 heavy (non-hydrogen) atoms. The molecular weight excluding hydrogens is 268 g/mol. The number of ether oxygens (including phenoxy) is 1. The number of carbonyl (C=O) groups excluding carboxylic acids is 1. The molecule has 2 rings (SSSR count). The van der Waals surface area contributed by atoms with Crippen LogP contribution in [0.5, 0.6) is 0 Å². The van der Waals surface area contributed by atoms with Crippen molar-refractivity contribution in [2.24, 2.45) is 10.7 Å². The number of para-hydroxylation sites is 1. The van der Waals surface area contributed by atoms with Gasteiger partial charge in [0.05, 0.1) is 13.2 Å². The van der Waals surface area contributed by atoms with Gasteiger partial charge in [0.1, 0.15) is 0 Å². The summed E-state index contributed by atoms with van der Waals surface area (Å²) in [5, 5.41) is 6.00. The highest BCUT2D eigenvalue weighted by Crippen LogP contribution is 2.15. The van der Waals surface area contributed by atoms with Crippen molar-refractivity contribution in [1.29, 1.82) is 0 Å². The number of anilines is 1. The summed E-state index contributed by atoms with van der Waals surface area (Å²) in [4.78, 5) is 15.6. The number of nitrogens with two attached hydrogens (primary N) is 1. The molecule has 1 aromatic rings. The number of hydrogen-bond acceptors (Lipinski definition) is 3. The van der Waals surface area contributed by atoms with E-state index in [4.69, 9.17) is 10.5 Å². The minimum absolute atomic E-state index is 0.0841. The summed E-state index contributed by atoms with van der Waals surface area (Å²) in [6.45, 7) is 1.01. The van der Waals surface area contributed by atoms with E-state index in [1.807, 2.05) is 24.3 Å². The van der Waals surface area contributed by atoms with Gasteiger partial charge in [-0.25, -0.2) is 0 Å². The number of nitrogens with one attached hydrogen (secondary N) is 2. The number of hydrogen-bond donors (Lipinski definition) is 3. The highest BCUT2D eigenvalue weighted by Gasteiger charge is 2.17. The van der Waals surface area contributed by atoms with Crippen LogP contribution in [-0.2, 0) is 16.1 Å². The molecule has 1 atom stereocenters. The maximum atomic E-state index is 11.3. The number of amides is 1. The maximum absolute atomic E-state index is 11.3. The van der Waals surface area contributed by atoms with E-state index in [1.165, 1.54) is 0 Å². The van der Waals surface area contributed by atoms with E-state index in [-0.39, 0.29) is 11.9 Å². The molecule has 1 heterocycles. The van der Waals surface area contributed by atoms with Gasteiger partial charge in [0, 0.05) is 30.8 Å². The number of aliphatic imine (C=N–C) groups is 1. The zero-order valence-corrected chi connectivity index (χ0v) is 12.3. The fourth-order valence-corrected chi connectivity index (χ4v) is 2.33. The first-order valence-electron chi connectivity index (χ1n) is 7.12. The van der Waals surface area contributed by atoms with E-state index >= 15 is 0 Å². The molecule has 0 radical (unpaired) electrons. The third kappa shape index (κ3) is 4.75. The molecule has 1 amide bonds. The zero-order valence-electron chi connectivity index (χ0n) is 12.3. The lowest BCUT2D eigenvalue weighted by Gasteiger charge is -2.21. The predicted molar refractivity (Wildman–Crippen MR) is 83.0 cm³/mol. The van der Waals surface area contributed by atoms with Crippen LogP contribution in [0, 0.1) is 0 Å². The molecular formula is C15H22N4O2. The molecule has 1 unspecified atom stereocenters. The number of rotatable bonds is 5. The predicted octanol–water partition coefficient (Wildman–Crippen LogP) is 1.23. The van der Waals surface area contributed by atoms with Crippen LogP contribution in [-0.4, -0.2) is 31.6 Å². The molecule has 1 aromatic carbocycles. The summed E-state index contributed by atoms with van der Waals surface area (Å²) < 4.78 is 5.15. The molecule has 6 heteroatoms. The van der Waals surface area contributed by atoms with Gasteiger partial charge in [-0.15, -0.1) is 0 Å². The average Bonchev–Trinajstić information content (AvgIpc) is 2.48. The van der Waals surface area contributed by atoms with Crippen molar-refractivity contribution in [3.05, 3.63) is 29.8 Å². The zero-order chi connectivity index (χ0) is 15.1. The molecule has 0 aliphatic carbocycles. The van der Waals surface area contributed by atoms with Crippen molar-refractivity contribution in [3.8, 4) is 0 Å². The minimum atomic E-state index is 0.0841. The van der Waals surface area contributed by atoms with Crippen LogP contribution < -0.4 is 16.4 Å². The lowest BCUT2D eigenvalue weighted by Crippen LogP contribution is -2.41. The number of methoxy groups -OCH3 is 1. The first-order chi connectivity index (χ1) is 10.2. The second kappa shape index (κ2) is 7.64. The Morgan fingerprint density at radius 1 is 1.52 bits per heavy atom. The molecule has 0 saturated carbocycles. The Morgan fingerprint density at radius 2 is 2.33 bits per heavy atom. The van der Waals surface area contributed by atoms with Crippen LogP contribution in [0.25, 0.3) is 0 Å². The summed E-state index contributed by atoms with van der Waals surface area (Å²) in [5.41, 5.74) is 7.81. The normalized spacial score (nSPS) is 19.2. The van der Waals surface area contributed by atoms with Crippen molar-refractivity contribution in [2.45, 2.75) is 31.9 Å². The van der Waals surface area contributed by atoms with Gasteiger partial charge in [-0.3, -0.25) is 9.79 Å². The van der Waals surface area contributed by atoms with E-state index in [0.29, 0.717) is 25.5 Å². The Balaban J connectivity index is 1.92. The molecule has 1 fully saturated rings. The van der Waals surface area contributed by atoms with E-state index in [0.717, 1.165) is 24.1 Å². The van der Waals surface area contributed by atoms with Crippen molar-refractivity contribution in [1.82, 2.24) is 5.32 Å². The van der Waals surface area contributed by atoms with E-state index in [2.05, 4.69) is 15.6 Å². The number of nitrogens with zero attached hydrogens (tertiary/aromatic N) is 1. The van der Waals surface area contributed by atoms with Crippen LogP contribution in [0.2, 0.25) is 0 Å². The van der Waals surface area contributed by atoms with Gasteiger partial charge >= 0.3 is 0 Å². The van der Waals surface area contributed by atoms with Crippen LogP contribution in [0.1, 0.15) is 24.8 Å². The van der Waals surface area contributed by atoms with Gasteiger partial charge in [-0.05, 0) is 18.9 Å². The lowest BCUT2D eigenvalue weighted by atomic mass is 10.0. The summed E-state index contributed by atoms with van der Waals surface area (Å²) >= 11 is 0. The average molecular weight is 290 g/mol. The van der Waals surface area contributed by atoms with Gasteiger partial charge in [0.25, 0.3) is 0 Å². The summed E-state index contributed by atoms with van der Waals surface area (Å²) in [6.07, 6.45) is 2.47. The molecule has 4 N–H and O–H groups in total. The summed E-state index contributed by atoms with van der Waals surface area (Å²) in [7, 11) is 1.65. The first kappa shape index (κ1) is 15.3. The number of carbonyl (C=O) groups is 1. The van der Waals surface area contributed by atoms with E-state index < -0.39 is 0 Å². The monoisotopic (exact) mass is 290 g/mol. The molecule has 1 saturated heterocycles. The van der Waals surface area contributed by atoms with E-state index in [9.17, 15) is 4.79 Å². The van der Waals surface area contributed by atoms with Crippen molar-refractivity contribution in [2.75, 3.05) is 19.0 Å². The highest BCUT2D eigenvalue weighted by molar-refractivity contribution is 5.93. The Kier molecular flexibility index (Phi) is 5.57. The van der Waals surface area contributed by atoms with Crippen molar-refractivity contribution >= 4 is 17.6 Å². The lowest BCUT2D eigenvalue weighted by molar-refractivity contribution is -0.123. The standard InChI is InChI=1S/C15H22N4O2/c1-21-10-11-5-2-3-7-13(11)19-15(16)17-9-12-6-4-8-14(20)18-12/h2-3,5,7,12H,4,6,8-10H2,1H3,(H,18,20)(H3,16,17,19). The van der Waals surface area contributed by atoms with Crippen molar-refractivity contribution < 1.29 is 9.53 Å². The molecule has 0 bridgehead atoms. The number of benzene rings is 1. The van der Waals surface area contributed by atoms with Crippen LogP contribution in [0.15, 0.2) is 29.3 Å². The maximum Gasteiger partial charge on any atom is 0.220 e. The third-order valence-electron chi connectivity index (χ3n) is 3.38. The molecule has 114 valence electrons. The van der Waals surface area contributed by atoms with Gasteiger partial charge in [-0.1, -0.05) is 18.2 Å². The third-order valence-corrected chi connectivity index (χ3v) is 3.38. The fourth-order valence-electron chi connectivity index (χ4n) is 2.33. The number of guanidine groups is 1. The molecule has 1 aliphatic heterocycles. The van der Waals surface area contributed by atoms with Gasteiger partial charge < -0.3 is 21.1 Å². The van der Waals surface area contributed by atoms with Crippen LogP contribution >= 0.6 is 0 Å². The van der Waals surface area contributed by atoms with E-state index in [1.54, 1.807) is 7.11 Å². The smallest absolute Gasteiger partial charge is 0.220 e. The van der Waals surface area contributed by atoms with Crippen LogP contribution in [0.4, 0.5) is 5.69 Å². The molecule has 6 nitrogen and oxygen atoms in total. The Labute approximate surface area is 124 Å². The van der Waals surface area contributed by atoms with Crippen LogP contribution in [0.3, 0.4) is 0 Å². The number of piperidine rings is 1. The highest BCUT2D eigenvalue weighted by atomic mass is 16.5. The topological polar surface area (TPSA) is 88.7 Å². The fraction of sp³-hybridized carbons (Fsp3) is 0.467. The second-order valence-corrected chi connectivity index (χ2v) is 5.10. The second-order valence-electron chi connectivity index (χ2n) is 5.10. The molecule has 0 aromatic heterocycles. The van der Waals surface area contributed by atoms with Gasteiger partial charge in [0.15, 0.2) is 5.96 Å². The van der Waals surface area contributed by atoms with Crippen molar-refractivity contribution in [3.63, 3.8) is 0 Å². The minimum Gasteiger partial charge on any atom is -0.380 e. The van der Waals surface area contributed by atoms with Gasteiger partial charge in [-0.2, -0.15) is 0 Å². The Hall–Kier alpha value is -2.08. The SMILES string of the molecule is COCc1ccccc1NC(N)=NCC1CCCC(=O)N1. The summed E-state index contributed by atoms with van der Waals surface area (Å²) in [5.74, 6) is 0.441. The first-order valence-corrected chi connectivity index (χ1v) is 7.12. The quantitative estimate of drug-likeness (QED) is 0.562. The molecule has 1 aliphatic rings. The Bertz CT molecular complexity index is 516.